The molecule has 0 fully saturated rings. The van der Waals surface area contributed by atoms with Gasteiger partial charge in [-0.3, -0.25) is 5.41 Å². The van der Waals surface area contributed by atoms with Gasteiger partial charge in [-0.25, -0.2) is 10.2 Å². The average Bonchev–Trinajstić information content (AvgIpc) is 2.59. The topological polar surface area (TPSA) is 100 Å². The van der Waals surface area contributed by atoms with Crippen molar-refractivity contribution in [3.05, 3.63) is 23.3 Å². The molecule has 0 radical (unpaired) electrons. The summed E-state index contributed by atoms with van der Waals surface area (Å²) in [5, 5.41) is 6.70. The van der Waals surface area contributed by atoms with Gasteiger partial charge < -0.3 is 15.9 Å². The van der Waals surface area contributed by atoms with Crippen molar-refractivity contribution in [1.29, 1.82) is 5.41 Å². The highest BCUT2D eigenvalue weighted by Crippen LogP contribution is 2.32. The van der Waals surface area contributed by atoms with Gasteiger partial charge in [-0.15, -0.1) is 0 Å². The summed E-state index contributed by atoms with van der Waals surface area (Å²) < 4.78 is 4.47. The first-order valence-corrected chi connectivity index (χ1v) is 4.78. The zero-order valence-corrected chi connectivity index (χ0v) is 8.70. The SMILES string of the molecule is CC1NNc2cc(C(=O)OC=N)c(N)cc21. The van der Waals surface area contributed by atoms with Crippen molar-refractivity contribution in [2.75, 3.05) is 11.2 Å². The second-order valence-corrected chi connectivity index (χ2v) is 3.54. The second kappa shape index (κ2) is 3.82. The molecule has 6 nitrogen and oxygen atoms in total. The Morgan fingerprint density at radius 3 is 3.06 bits per heavy atom. The number of carbonyl (C=O) groups is 1. The molecule has 2 rings (SSSR count). The Kier molecular flexibility index (Phi) is 2.49. The first-order valence-electron chi connectivity index (χ1n) is 4.78. The van der Waals surface area contributed by atoms with Gasteiger partial charge in [0.05, 0.1) is 17.3 Å². The second-order valence-electron chi connectivity index (χ2n) is 3.54. The highest BCUT2D eigenvalue weighted by Gasteiger charge is 2.21. The predicted molar refractivity (Wildman–Crippen MR) is 60.2 cm³/mol. The fourth-order valence-corrected chi connectivity index (χ4v) is 1.66. The van der Waals surface area contributed by atoms with Crippen LogP contribution in [0.2, 0.25) is 0 Å². The molecule has 1 aliphatic rings. The van der Waals surface area contributed by atoms with Crippen molar-refractivity contribution in [3.8, 4) is 0 Å². The zero-order valence-electron chi connectivity index (χ0n) is 8.70. The molecule has 1 unspecified atom stereocenters. The maximum absolute atomic E-state index is 11.4. The third-order valence-corrected chi connectivity index (χ3v) is 2.50. The third-order valence-electron chi connectivity index (χ3n) is 2.50. The Hall–Kier alpha value is -2.08. The molecule has 0 bridgehead atoms. The zero-order chi connectivity index (χ0) is 11.7. The van der Waals surface area contributed by atoms with Gasteiger partial charge in [0.25, 0.3) is 0 Å². The summed E-state index contributed by atoms with van der Waals surface area (Å²) in [6.07, 6.45) is 0.587. The molecule has 0 aliphatic carbocycles. The van der Waals surface area contributed by atoms with E-state index in [0.29, 0.717) is 12.1 Å². The van der Waals surface area contributed by atoms with Gasteiger partial charge in [0.1, 0.15) is 0 Å². The lowest BCUT2D eigenvalue weighted by molar-refractivity contribution is 0.0728. The van der Waals surface area contributed by atoms with Gasteiger partial charge in [0.15, 0.2) is 6.40 Å². The van der Waals surface area contributed by atoms with E-state index in [9.17, 15) is 4.79 Å². The van der Waals surface area contributed by atoms with E-state index in [2.05, 4.69) is 15.6 Å². The molecule has 84 valence electrons. The molecule has 6 heteroatoms. The van der Waals surface area contributed by atoms with Crippen LogP contribution in [0.4, 0.5) is 11.4 Å². The van der Waals surface area contributed by atoms with Crippen molar-refractivity contribution in [2.45, 2.75) is 13.0 Å². The quantitative estimate of drug-likeness (QED) is 0.258. The van der Waals surface area contributed by atoms with Crippen molar-refractivity contribution in [2.24, 2.45) is 0 Å². The Morgan fingerprint density at radius 2 is 2.38 bits per heavy atom. The van der Waals surface area contributed by atoms with Gasteiger partial charge in [0, 0.05) is 5.69 Å². The average molecular weight is 220 g/mol. The molecule has 0 spiro atoms. The van der Waals surface area contributed by atoms with E-state index in [1.807, 2.05) is 6.92 Å². The minimum absolute atomic E-state index is 0.144. The lowest BCUT2D eigenvalue weighted by Gasteiger charge is -2.07. The molecular formula is C10H12N4O2. The maximum Gasteiger partial charge on any atom is 0.346 e. The lowest BCUT2D eigenvalue weighted by atomic mass is 10.0. The number of hydrogen-bond acceptors (Lipinski definition) is 6. The van der Waals surface area contributed by atoms with Gasteiger partial charge in [-0.05, 0) is 24.6 Å². The van der Waals surface area contributed by atoms with E-state index in [1.165, 1.54) is 0 Å². The molecule has 0 amide bonds. The van der Waals surface area contributed by atoms with E-state index in [-0.39, 0.29) is 11.6 Å². The first kappa shape index (κ1) is 10.4. The van der Waals surface area contributed by atoms with Crippen LogP contribution in [0, 0.1) is 5.41 Å². The molecule has 0 saturated heterocycles. The van der Waals surface area contributed by atoms with Crippen LogP contribution in [-0.2, 0) is 4.74 Å². The monoisotopic (exact) mass is 220 g/mol. The number of rotatable bonds is 2. The molecule has 0 saturated carbocycles. The Balaban J connectivity index is 2.42. The fourth-order valence-electron chi connectivity index (χ4n) is 1.66. The van der Waals surface area contributed by atoms with Crippen molar-refractivity contribution in [3.63, 3.8) is 0 Å². The molecule has 1 aromatic rings. The molecule has 16 heavy (non-hydrogen) atoms. The minimum Gasteiger partial charge on any atom is -0.411 e. The highest BCUT2D eigenvalue weighted by atomic mass is 16.5. The van der Waals surface area contributed by atoms with E-state index in [1.54, 1.807) is 12.1 Å². The van der Waals surface area contributed by atoms with Gasteiger partial charge in [-0.2, -0.15) is 0 Å². The number of hydrogen-bond donors (Lipinski definition) is 4. The van der Waals surface area contributed by atoms with Gasteiger partial charge in [-0.1, -0.05) is 0 Å². The van der Waals surface area contributed by atoms with Gasteiger partial charge >= 0.3 is 5.97 Å². The number of fused-ring (bicyclic) bond motifs is 1. The number of hydrazine groups is 1. The van der Waals surface area contributed by atoms with Crippen molar-refractivity contribution >= 4 is 23.7 Å². The van der Waals surface area contributed by atoms with Crippen LogP contribution in [0.15, 0.2) is 12.1 Å². The summed E-state index contributed by atoms with van der Waals surface area (Å²) in [5.74, 6) is -0.628. The fraction of sp³-hybridized carbons (Fsp3) is 0.200. The summed E-state index contributed by atoms with van der Waals surface area (Å²) in [7, 11) is 0. The predicted octanol–water partition coefficient (Wildman–Crippen LogP) is 1.02. The molecular weight excluding hydrogens is 208 g/mol. The number of carbonyl (C=O) groups excluding carboxylic acids is 1. The Morgan fingerprint density at radius 1 is 1.62 bits per heavy atom. The van der Waals surface area contributed by atoms with Crippen LogP contribution >= 0.6 is 0 Å². The summed E-state index contributed by atoms with van der Waals surface area (Å²) in [4.78, 5) is 11.4. The standard InChI is InChI=1S/C10H12N4O2/c1-5-6-2-8(12)7(10(15)16-4-11)3-9(6)14-13-5/h2-5,11,13-14H,12H2,1H3. The van der Waals surface area contributed by atoms with Crippen molar-refractivity contribution in [1.82, 2.24) is 5.43 Å². The number of esters is 1. The van der Waals surface area contributed by atoms with Crippen molar-refractivity contribution < 1.29 is 9.53 Å². The van der Waals surface area contributed by atoms with Crippen LogP contribution in [0.5, 0.6) is 0 Å². The Bertz CT molecular complexity index is 458. The number of ether oxygens (including phenoxy) is 1. The van der Waals surface area contributed by atoms with E-state index < -0.39 is 5.97 Å². The number of nitrogens with one attached hydrogen (secondary N) is 3. The molecule has 1 atom stereocenters. The lowest BCUT2D eigenvalue weighted by Crippen LogP contribution is -2.15. The number of benzene rings is 1. The van der Waals surface area contributed by atoms with Crippen LogP contribution < -0.4 is 16.6 Å². The van der Waals surface area contributed by atoms with E-state index in [0.717, 1.165) is 11.3 Å². The molecule has 1 heterocycles. The normalized spacial score (nSPS) is 17.4. The Labute approximate surface area is 92.3 Å². The van der Waals surface area contributed by atoms with E-state index in [4.69, 9.17) is 11.1 Å². The van der Waals surface area contributed by atoms with Crippen LogP contribution in [0.25, 0.3) is 0 Å². The minimum atomic E-state index is -0.628. The number of nitrogen functional groups attached to an aromatic ring is 1. The largest absolute Gasteiger partial charge is 0.411 e. The number of anilines is 2. The smallest absolute Gasteiger partial charge is 0.346 e. The molecule has 5 N–H and O–H groups in total. The highest BCUT2D eigenvalue weighted by molar-refractivity contribution is 5.99. The van der Waals surface area contributed by atoms with Gasteiger partial charge in [0.2, 0.25) is 0 Å². The maximum atomic E-state index is 11.4. The summed E-state index contributed by atoms with van der Waals surface area (Å²) in [6.45, 7) is 1.98. The van der Waals surface area contributed by atoms with Crippen LogP contribution in [0.3, 0.4) is 0 Å². The molecule has 1 aromatic carbocycles. The third kappa shape index (κ3) is 1.59. The molecule has 0 aromatic heterocycles. The summed E-state index contributed by atoms with van der Waals surface area (Å²) in [6, 6.07) is 3.49. The van der Waals surface area contributed by atoms with E-state index >= 15 is 0 Å². The first-order chi connectivity index (χ1) is 7.63. The van der Waals surface area contributed by atoms with Crippen LogP contribution in [-0.4, -0.2) is 12.4 Å². The summed E-state index contributed by atoms with van der Waals surface area (Å²) >= 11 is 0. The number of nitrogens with two attached hydrogens (primary N) is 1. The summed E-state index contributed by atoms with van der Waals surface area (Å²) in [5.41, 5.74) is 14.1. The molecule has 1 aliphatic heterocycles. The van der Waals surface area contributed by atoms with Crippen LogP contribution in [0.1, 0.15) is 28.9 Å².